The molecule has 0 aliphatic rings. The van der Waals surface area contributed by atoms with Crippen molar-refractivity contribution < 1.29 is 14.6 Å². The maximum absolute atomic E-state index is 10.5. The van der Waals surface area contributed by atoms with Crippen molar-refractivity contribution in [3.8, 4) is 0 Å². The van der Waals surface area contributed by atoms with Gasteiger partial charge in [0.2, 0.25) is 5.91 Å². The molecule has 66 valence electrons. The second-order valence-corrected chi connectivity index (χ2v) is 2.79. The summed E-state index contributed by atoms with van der Waals surface area (Å²) < 4.78 is 4.88. The van der Waals surface area contributed by atoms with Gasteiger partial charge >= 0.3 is 0 Å². The number of rotatable bonds is 4. The van der Waals surface area contributed by atoms with E-state index in [4.69, 9.17) is 15.6 Å². The van der Waals surface area contributed by atoms with Crippen LogP contribution in [0.25, 0.3) is 0 Å². The molecule has 0 heterocycles. The van der Waals surface area contributed by atoms with Crippen molar-refractivity contribution in [2.45, 2.75) is 26.1 Å². The predicted octanol–water partition coefficient (Wildman–Crippen LogP) is -0.496. The molecule has 0 spiro atoms. The van der Waals surface area contributed by atoms with Crippen LogP contribution in [0.5, 0.6) is 0 Å². The number of nitrogens with two attached hydrogens (primary N) is 1. The minimum atomic E-state index is -1.21. The zero-order valence-electron chi connectivity index (χ0n) is 7.07. The minimum absolute atomic E-state index is 0.0718. The fourth-order valence-electron chi connectivity index (χ4n) is 0.928. The number of hydrogen-bond acceptors (Lipinski definition) is 3. The molecule has 0 saturated carbocycles. The second kappa shape index (κ2) is 4.31. The van der Waals surface area contributed by atoms with Crippen LogP contribution in [0, 0.1) is 5.92 Å². The lowest BCUT2D eigenvalue weighted by atomic mass is 10.0. The summed E-state index contributed by atoms with van der Waals surface area (Å²) in [6.07, 6.45) is -1.72. The highest BCUT2D eigenvalue weighted by molar-refractivity contribution is 5.79. The molecule has 0 aromatic heterocycles. The number of aliphatic hydroxyl groups is 1. The van der Waals surface area contributed by atoms with Gasteiger partial charge in [0.05, 0.1) is 6.10 Å². The number of carbonyl (C=O) groups is 1. The van der Waals surface area contributed by atoms with Gasteiger partial charge in [-0.25, -0.2) is 0 Å². The van der Waals surface area contributed by atoms with E-state index < -0.39 is 18.1 Å². The number of ether oxygens (including phenoxy) is 1. The molecule has 0 aliphatic heterocycles. The SMILES string of the molecule is COC(C(C)C)C(O)C(N)=O. The fourth-order valence-corrected chi connectivity index (χ4v) is 0.928. The third-order valence-corrected chi connectivity index (χ3v) is 1.53. The Morgan fingerprint density at radius 2 is 2.00 bits per heavy atom. The van der Waals surface area contributed by atoms with Crippen LogP contribution in [-0.2, 0) is 9.53 Å². The standard InChI is InChI=1S/C7H15NO3/c1-4(2)6(11-3)5(9)7(8)10/h4-6,9H,1-3H3,(H2,8,10). The van der Waals surface area contributed by atoms with E-state index in [-0.39, 0.29) is 5.92 Å². The molecule has 0 fully saturated rings. The molecule has 4 nitrogen and oxygen atoms in total. The predicted molar refractivity (Wildman–Crippen MR) is 40.8 cm³/mol. The third-order valence-electron chi connectivity index (χ3n) is 1.53. The van der Waals surface area contributed by atoms with Crippen LogP contribution < -0.4 is 5.73 Å². The van der Waals surface area contributed by atoms with Crippen LogP contribution in [0.2, 0.25) is 0 Å². The van der Waals surface area contributed by atoms with Crippen LogP contribution in [0.1, 0.15) is 13.8 Å². The molecule has 0 aromatic carbocycles. The Labute approximate surface area is 66.3 Å². The topological polar surface area (TPSA) is 72.6 Å². The van der Waals surface area contributed by atoms with Crippen LogP contribution in [0.4, 0.5) is 0 Å². The molecule has 2 atom stereocenters. The maximum atomic E-state index is 10.5. The largest absolute Gasteiger partial charge is 0.381 e. The highest BCUT2D eigenvalue weighted by Crippen LogP contribution is 2.09. The first-order chi connectivity index (χ1) is 5.00. The second-order valence-electron chi connectivity index (χ2n) is 2.79. The maximum Gasteiger partial charge on any atom is 0.248 e. The Bertz CT molecular complexity index is 136. The van der Waals surface area contributed by atoms with Crippen molar-refractivity contribution in [1.29, 1.82) is 0 Å². The molecule has 11 heavy (non-hydrogen) atoms. The fraction of sp³-hybridized carbons (Fsp3) is 0.857. The van der Waals surface area contributed by atoms with E-state index in [9.17, 15) is 4.79 Å². The number of methoxy groups -OCH3 is 1. The normalized spacial score (nSPS) is 16.5. The van der Waals surface area contributed by atoms with Crippen LogP contribution in [0.15, 0.2) is 0 Å². The molecule has 2 unspecified atom stereocenters. The summed E-state index contributed by atoms with van der Waals surface area (Å²) in [7, 11) is 1.44. The summed E-state index contributed by atoms with van der Waals surface area (Å²) in [5.41, 5.74) is 4.88. The van der Waals surface area contributed by atoms with E-state index in [1.165, 1.54) is 7.11 Å². The summed E-state index contributed by atoms with van der Waals surface area (Å²) in [5.74, 6) is -0.673. The van der Waals surface area contributed by atoms with Gasteiger partial charge in [0.1, 0.15) is 0 Å². The van der Waals surface area contributed by atoms with Crippen molar-refractivity contribution in [3.63, 3.8) is 0 Å². The summed E-state index contributed by atoms with van der Waals surface area (Å²) in [6, 6.07) is 0. The smallest absolute Gasteiger partial charge is 0.248 e. The quantitative estimate of drug-likeness (QED) is 0.584. The van der Waals surface area contributed by atoms with E-state index >= 15 is 0 Å². The molecule has 0 aromatic rings. The number of primary amides is 1. The van der Waals surface area contributed by atoms with E-state index in [0.717, 1.165) is 0 Å². The van der Waals surface area contributed by atoms with Crippen molar-refractivity contribution >= 4 is 5.91 Å². The van der Waals surface area contributed by atoms with Gasteiger partial charge in [0.15, 0.2) is 6.10 Å². The van der Waals surface area contributed by atoms with Gasteiger partial charge < -0.3 is 15.6 Å². The van der Waals surface area contributed by atoms with Gasteiger partial charge in [-0.15, -0.1) is 0 Å². The third kappa shape index (κ3) is 2.86. The van der Waals surface area contributed by atoms with Gasteiger partial charge in [-0.3, -0.25) is 4.79 Å². The highest BCUT2D eigenvalue weighted by Gasteiger charge is 2.26. The Hall–Kier alpha value is -0.610. The first kappa shape index (κ1) is 10.4. The minimum Gasteiger partial charge on any atom is -0.381 e. The Balaban J connectivity index is 4.13. The zero-order chi connectivity index (χ0) is 9.02. The average molecular weight is 161 g/mol. The van der Waals surface area contributed by atoms with Crippen LogP contribution >= 0.6 is 0 Å². The highest BCUT2D eigenvalue weighted by atomic mass is 16.5. The van der Waals surface area contributed by atoms with Gasteiger partial charge in [0.25, 0.3) is 0 Å². The zero-order valence-corrected chi connectivity index (χ0v) is 7.07. The molecule has 3 N–H and O–H groups in total. The number of amides is 1. The Kier molecular flexibility index (Phi) is 4.07. The van der Waals surface area contributed by atoms with Gasteiger partial charge in [-0.1, -0.05) is 13.8 Å². The first-order valence-corrected chi connectivity index (χ1v) is 3.50. The van der Waals surface area contributed by atoms with E-state index in [0.29, 0.717) is 0 Å². The van der Waals surface area contributed by atoms with E-state index in [2.05, 4.69) is 0 Å². The number of carbonyl (C=O) groups excluding carboxylic acids is 1. The molecule has 0 radical (unpaired) electrons. The summed E-state index contributed by atoms with van der Waals surface area (Å²) in [4.78, 5) is 10.5. The van der Waals surface area contributed by atoms with Crippen LogP contribution in [0.3, 0.4) is 0 Å². The molecule has 0 saturated heterocycles. The van der Waals surface area contributed by atoms with Gasteiger partial charge in [-0.05, 0) is 5.92 Å². The Morgan fingerprint density at radius 3 is 2.09 bits per heavy atom. The molecule has 4 heteroatoms. The van der Waals surface area contributed by atoms with E-state index in [1.807, 2.05) is 13.8 Å². The van der Waals surface area contributed by atoms with Crippen molar-refractivity contribution in [2.75, 3.05) is 7.11 Å². The lowest BCUT2D eigenvalue weighted by molar-refractivity contribution is -0.135. The first-order valence-electron chi connectivity index (χ1n) is 3.50. The summed E-state index contributed by atoms with van der Waals surface area (Å²) in [5, 5.41) is 9.16. The summed E-state index contributed by atoms with van der Waals surface area (Å²) in [6.45, 7) is 3.70. The lowest BCUT2D eigenvalue weighted by Crippen LogP contribution is -2.42. The molecule has 1 amide bonds. The number of aliphatic hydroxyl groups excluding tert-OH is 1. The molecule has 0 aliphatic carbocycles. The molecular formula is C7H15NO3. The molecule has 0 bridgehead atoms. The van der Waals surface area contributed by atoms with Crippen LogP contribution in [-0.4, -0.2) is 30.3 Å². The average Bonchev–Trinajstić information content (AvgIpc) is 1.88. The Morgan fingerprint density at radius 1 is 1.55 bits per heavy atom. The molecular weight excluding hydrogens is 146 g/mol. The van der Waals surface area contributed by atoms with Crippen molar-refractivity contribution in [2.24, 2.45) is 11.7 Å². The summed E-state index contributed by atoms with van der Waals surface area (Å²) >= 11 is 0. The molecule has 0 rings (SSSR count). The van der Waals surface area contributed by atoms with Crippen molar-refractivity contribution in [1.82, 2.24) is 0 Å². The monoisotopic (exact) mass is 161 g/mol. The van der Waals surface area contributed by atoms with E-state index in [1.54, 1.807) is 0 Å². The van der Waals surface area contributed by atoms with Gasteiger partial charge in [-0.2, -0.15) is 0 Å². The number of hydrogen-bond donors (Lipinski definition) is 2. The lowest BCUT2D eigenvalue weighted by Gasteiger charge is -2.22. The van der Waals surface area contributed by atoms with Crippen molar-refractivity contribution in [3.05, 3.63) is 0 Å². The van der Waals surface area contributed by atoms with Gasteiger partial charge in [0, 0.05) is 7.11 Å².